The molecule has 14 heteroatoms. The van der Waals surface area contributed by atoms with Crippen LogP contribution in [0.3, 0.4) is 0 Å². The Morgan fingerprint density at radius 2 is 1.81 bits per heavy atom. The van der Waals surface area contributed by atoms with E-state index < -0.39 is 29.3 Å². The molecule has 0 aromatic carbocycles. The molecule has 26 heavy (non-hydrogen) atoms. The Morgan fingerprint density at radius 1 is 1.23 bits per heavy atom. The largest absolute Gasteiger partial charge is 0.461 e. The standard InChI is InChI=1S/C12H10Cl2F6N4O2/c1-2-7(14)24-26-10(11(15,16)17,12(18,19)20)23-9(25)22-8-4-3-6(13)5-21-8/h3-5H,2H2,1H3,(H2,21,22,23,25). The van der Waals surface area contributed by atoms with E-state index in [1.807, 2.05) is 0 Å². The van der Waals surface area contributed by atoms with E-state index in [1.54, 1.807) is 5.32 Å². The molecule has 2 N–H and O–H groups in total. The fourth-order valence-corrected chi connectivity index (χ4v) is 1.51. The zero-order valence-electron chi connectivity index (χ0n) is 12.7. The molecular weight excluding hydrogens is 417 g/mol. The Bertz CT molecular complexity index is 649. The molecule has 1 aromatic rings. The first-order valence-corrected chi connectivity index (χ1v) is 7.32. The van der Waals surface area contributed by atoms with Crippen LogP contribution in [0.5, 0.6) is 0 Å². The molecule has 0 bridgehead atoms. The van der Waals surface area contributed by atoms with Crippen molar-refractivity contribution in [3.05, 3.63) is 23.4 Å². The average molecular weight is 427 g/mol. The average Bonchev–Trinajstić information content (AvgIpc) is 2.50. The summed E-state index contributed by atoms with van der Waals surface area (Å²) in [5.74, 6) is -0.361. The van der Waals surface area contributed by atoms with Gasteiger partial charge in [0.2, 0.25) is 0 Å². The molecule has 0 aliphatic heterocycles. The third kappa shape index (κ3) is 5.27. The molecule has 0 fully saturated rings. The van der Waals surface area contributed by atoms with Gasteiger partial charge in [-0.25, -0.2) is 9.78 Å². The summed E-state index contributed by atoms with van der Waals surface area (Å²) in [5.41, 5.74) is -5.13. The molecule has 1 aromatic heterocycles. The number of halogens is 8. The van der Waals surface area contributed by atoms with Gasteiger partial charge in [0.1, 0.15) is 11.0 Å². The summed E-state index contributed by atoms with van der Waals surface area (Å²) < 4.78 is 78.9. The van der Waals surface area contributed by atoms with Crippen molar-refractivity contribution in [3.8, 4) is 0 Å². The summed E-state index contributed by atoms with van der Waals surface area (Å²) in [4.78, 5) is 18.8. The molecule has 0 aliphatic carbocycles. The lowest BCUT2D eigenvalue weighted by Crippen LogP contribution is -2.69. The van der Waals surface area contributed by atoms with E-state index in [4.69, 9.17) is 23.2 Å². The van der Waals surface area contributed by atoms with E-state index in [2.05, 4.69) is 15.0 Å². The van der Waals surface area contributed by atoms with E-state index in [0.29, 0.717) is 5.32 Å². The fraction of sp³-hybridized carbons (Fsp3) is 0.417. The number of oxime groups is 1. The van der Waals surface area contributed by atoms with Gasteiger partial charge in [-0.15, -0.1) is 0 Å². The van der Waals surface area contributed by atoms with Crippen LogP contribution in [0.2, 0.25) is 5.02 Å². The summed E-state index contributed by atoms with van der Waals surface area (Å²) in [6, 6.07) is 0.349. The Hall–Kier alpha value is -1.95. The number of nitrogens with zero attached hydrogens (tertiary/aromatic N) is 2. The van der Waals surface area contributed by atoms with Gasteiger partial charge in [0.15, 0.2) is 0 Å². The molecular formula is C12H10Cl2F6N4O2. The van der Waals surface area contributed by atoms with E-state index in [-0.39, 0.29) is 17.3 Å². The molecule has 0 radical (unpaired) electrons. The fourth-order valence-electron chi connectivity index (χ4n) is 1.37. The number of hydrogen-bond acceptors (Lipinski definition) is 4. The minimum Gasteiger partial charge on any atom is -0.346 e. The number of carbonyl (C=O) groups excluding carboxylic acids is 1. The number of carbonyl (C=O) groups is 1. The highest BCUT2D eigenvalue weighted by Crippen LogP contribution is 2.44. The van der Waals surface area contributed by atoms with E-state index in [0.717, 1.165) is 12.3 Å². The van der Waals surface area contributed by atoms with Crippen molar-refractivity contribution in [2.24, 2.45) is 5.16 Å². The molecule has 6 nitrogen and oxygen atoms in total. The van der Waals surface area contributed by atoms with Crippen LogP contribution in [-0.4, -0.2) is 34.3 Å². The SMILES string of the molecule is CCC(Cl)=NOC(NC(=O)Nc1ccc(Cl)cn1)(C(F)(F)F)C(F)(F)F. The van der Waals surface area contributed by atoms with Gasteiger partial charge in [0, 0.05) is 12.6 Å². The minimum atomic E-state index is -6.12. The van der Waals surface area contributed by atoms with Crippen LogP contribution in [0.4, 0.5) is 37.0 Å². The maximum atomic E-state index is 13.1. The molecule has 1 rings (SSSR count). The van der Waals surface area contributed by atoms with Gasteiger partial charge >= 0.3 is 24.1 Å². The number of anilines is 1. The second-order valence-corrected chi connectivity index (χ2v) is 5.40. The van der Waals surface area contributed by atoms with Crippen molar-refractivity contribution in [2.45, 2.75) is 31.4 Å². The van der Waals surface area contributed by atoms with E-state index in [1.165, 1.54) is 13.0 Å². The third-order valence-electron chi connectivity index (χ3n) is 2.63. The van der Waals surface area contributed by atoms with Gasteiger partial charge in [-0.2, -0.15) is 26.3 Å². The zero-order chi connectivity index (χ0) is 20.2. The smallest absolute Gasteiger partial charge is 0.346 e. The first-order valence-electron chi connectivity index (χ1n) is 6.57. The maximum Gasteiger partial charge on any atom is 0.461 e. The van der Waals surface area contributed by atoms with Crippen molar-refractivity contribution in [2.75, 3.05) is 5.32 Å². The Kier molecular flexibility index (Phi) is 6.94. The van der Waals surface area contributed by atoms with E-state index >= 15 is 0 Å². The topological polar surface area (TPSA) is 75.6 Å². The summed E-state index contributed by atoms with van der Waals surface area (Å²) in [6.45, 7) is 1.31. The van der Waals surface area contributed by atoms with Crippen LogP contribution < -0.4 is 10.6 Å². The number of hydrogen-bond donors (Lipinski definition) is 2. The molecule has 0 saturated heterocycles. The molecule has 1 heterocycles. The Morgan fingerprint density at radius 3 is 2.23 bits per heavy atom. The van der Waals surface area contributed by atoms with E-state index in [9.17, 15) is 31.1 Å². The number of aromatic nitrogens is 1. The Labute approximate surface area is 152 Å². The highest BCUT2D eigenvalue weighted by Gasteiger charge is 2.76. The van der Waals surface area contributed by atoms with Gasteiger partial charge in [-0.05, 0) is 12.1 Å². The molecule has 2 amide bonds. The maximum absolute atomic E-state index is 13.1. The zero-order valence-corrected chi connectivity index (χ0v) is 14.2. The van der Waals surface area contributed by atoms with Crippen LogP contribution >= 0.6 is 23.2 Å². The number of pyridine rings is 1. The monoisotopic (exact) mass is 426 g/mol. The molecule has 146 valence electrons. The first-order chi connectivity index (χ1) is 11.8. The van der Waals surface area contributed by atoms with Crippen molar-refractivity contribution in [3.63, 3.8) is 0 Å². The summed E-state index contributed by atoms with van der Waals surface area (Å²) in [6.07, 6.45) is -11.4. The number of urea groups is 1. The van der Waals surface area contributed by atoms with Crippen LogP contribution in [0.1, 0.15) is 13.3 Å². The Balaban J connectivity index is 3.18. The predicted octanol–water partition coefficient (Wildman–Crippen LogP) is 4.66. The molecule has 0 atom stereocenters. The van der Waals surface area contributed by atoms with Gasteiger partial charge in [-0.1, -0.05) is 35.3 Å². The van der Waals surface area contributed by atoms with Crippen LogP contribution in [0, 0.1) is 0 Å². The highest BCUT2D eigenvalue weighted by molar-refractivity contribution is 6.65. The summed E-state index contributed by atoms with van der Waals surface area (Å²) >= 11 is 10.8. The summed E-state index contributed by atoms with van der Waals surface area (Å²) in [7, 11) is 0. The lowest BCUT2D eigenvalue weighted by atomic mass is 10.2. The van der Waals surface area contributed by atoms with Crippen molar-refractivity contribution >= 4 is 40.2 Å². The highest BCUT2D eigenvalue weighted by atomic mass is 35.5. The molecule has 0 spiro atoms. The second kappa shape index (κ2) is 8.16. The minimum absolute atomic E-state index is 0.128. The summed E-state index contributed by atoms with van der Waals surface area (Å²) in [5, 5.41) is 4.42. The lowest BCUT2D eigenvalue weighted by molar-refractivity contribution is -0.388. The number of alkyl halides is 6. The first kappa shape index (κ1) is 22.1. The van der Waals surface area contributed by atoms with Gasteiger partial charge < -0.3 is 4.84 Å². The van der Waals surface area contributed by atoms with Crippen molar-refractivity contribution in [1.82, 2.24) is 10.3 Å². The van der Waals surface area contributed by atoms with Crippen LogP contribution in [0.25, 0.3) is 0 Å². The van der Waals surface area contributed by atoms with Gasteiger partial charge in [-0.3, -0.25) is 10.6 Å². The number of amides is 2. The lowest BCUT2D eigenvalue weighted by Gasteiger charge is -2.34. The number of nitrogens with one attached hydrogen (secondary N) is 2. The van der Waals surface area contributed by atoms with Crippen molar-refractivity contribution in [1.29, 1.82) is 0 Å². The quantitative estimate of drug-likeness (QED) is 0.311. The van der Waals surface area contributed by atoms with Crippen LogP contribution in [-0.2, 0) is 4.84 Å². The third-order valence-corrected chi connectivity index (χ3v) is 3.19. The number of rotatable bonds is 5. The van der Waals surface area contributed by atoms with Crippen LogP contribution in [0.15, 0.2) is 23.5 Å². The normalized spacial score (nSPS) is 13.3. The van der Waals surface area contributed by atoms with Gasteiger partial charge in [0.05, 0.1) is 5.02 Å². The second-order valence-electron chi connectivity index (χ2n) is 4.53. The van der Waals surface area contributed by atoms with Crippen molar-refractivity contribution < 1.29 is 36.0 Å². The predicted molar refractivity (Wildman–Crippen MR) is 80.9 cm³/mol. The molecule has 0 aliphatic rings. The molecule has 0 unspecified atom stereocenters. The van der Waals surface area contributed by atoms with Gasteiger partial charge in [0.25, 0.3) is 0 Å². The molecule has 0 saturated carbocycles.